The van der Waals surface area contributed by atoms with Gasteiger partial charge in [0.05, 0.1) is 6.04 Å². The number of anilines is 1. The minimum absolute atomic E-state index is 0.0808. The Labute approximate surface area is 171 Å². The van der Waals surface area contributed by atoms with Crippen molar-refractivity contribution in [3.63, 3.8) is 0 Å². The highest BCUT2D eigenvalue weighted by Gasteiger charge is 2.21. The molecule has 2 heterocycles. The summed E-state index contributed by atoms with van der Waals surface area (Å²) in [5.41, 5.74) is 3.77. The summed E-state index contributed by atoms with van der Waals surface area (Å²) in [6, 6.07) is 21.8. The number of aromatic hydroxyl groups is 1. The number of fused-ring (bicyclic) bond motifs is 1. The number of rotatable bonds is 4. The fourth-order valence-electron chi connectivity index (χ4n) is 3.49. The lowest BCUT2D eigenvalue weighted by Crippen LogP contribution is -2.15. The molecule has 4 nitrogen and oxygen atoms in total. The quantitative estimate of drug-likeness (QED) is 0.465. The molecule has 0 amide bonds. The molecule has 0 fully saturated rings. The van der Waals surface area contributed by atoms with Crippen molar-refractivity contribution in [1.82, 2.24) is 9.97 Å². The van der Waals surface area contributed by atoms with Gasteiger partial charge in [-0.05, 0) is 34.7 Å². The Bertz CT molecular complexity index is 1120. The van der Waals surface area contributed by atoms with Crippen LogP contribution in [-0.2, 0) is 5.41 Å². The minimum Gasteiger partial charge on any atom is -0.505 e. The average Bonchev–Trinajstić information content (AvgIpc) is 2.73. The van der Waals surface area contributed by atoms with Gasteiger partial charge in [0, 0.05) is 23.3 Å². The van der Waals surface area contributed by atoms with Crippen LogP contribution in [0.4, 0.5) is 5.82 Å². The fourth-order valence-corrected chi connectivity index (χ4v) is 3.49. The molecule has 0 saturated carbocycles. The zero-order chi connectivity index (χ0) is 20.4. The van der Waals surface area contributed by atoms with Gasteiger partial charge in [-0.15, -0.1) is 0 Å². The van der Waals surface area contributed by atoms with Crippen molar-refractivity contribution < 1.29 is 5.11 Å². The van der Waals surface area contributed by atoms with E-state index in [2.05, 4.69) is 60.3 Å². The highest BCUT2D eigenvalue weighted by Crippen LogP contribution is 2.36. The molecule has 2 aromatic carbocycles. The molecule has 146 valence electrons. The first kappa shape index (κ1) is 18.9. The Morgan fingerprint density at radius 2 is 1.59 bits per heavy atom. The van der Waals surface area contributed by atoms with Crippen LogP contribution < -0.4 is 5.32 Å². The van der Waals surface area contributed by atoms with E-state index in [1.165, 1.54) is 5.56 Å². The Balaban J connectivity index is 1.82. The van der Waals surface area contributed by atoms with Crippen molar-refractivity contribution in [1.29, 1.82) is 0 Å². The zero-order valence-electron chi connectivity index (χ0n) is 16.9. The van der Waals surface area contributed by atoms with Crippen LogP contribution in [0.25, 0.3) is 10.9 Å². The number of nitrogens with zero attached hydrogens (tertiary/aromatic N) is 2. The van der Waals surface area contributed by atoms with Crippen molar-refractivity contribution in [2.45, 2.75) is 32.2 Å². The molecule has 0 bridgehead atoms. The second-order valence-electron chi connectivity index (χ2n) is 8.24. The van der Waals surface area contributed by atoms with Crippen molar-refractivity contribution in [3.05, 3.63) is 95.8 Å². The monoisotopic (exact) mass is 383 g/mol. The lowest BCUT2D eigenvalue weighted by Gasteiger charge is -2.24. The molecule has 0 unspecified atom stereocenters. The first-order valence-corrected chi connectivity index (χ1v) is 9.78. The summed E-state index contributed by atoms with van der Waals surface area (Å²) in [4.78, 5) is 8.79. The number of phenols is 1. The molecule has 1 atom stereocenters. The van der Waals surface area contributed by atoms with Crippen LogP contribution in [0.2, 0.25) is 0 Å². The fraction of sp³-hybridized carbons (Fsp3) is 0.200. The summed E-state index contributed by atoms with van der Waals surface area (Å²) < 4.78 is 0. The average molecular weight is 383 g/mol. The molecule has 0 aliphatic rings. The van der Waals surface area contributed by atoms with E-state index in [9.17, 15) is 5.11 Å². The van der Waals surface area contributed by atoms with E-state index in [4.69, 9.17) is 0 Å². The Kier molecular flexibility index (Phi) is 4.93. The van der Waals surface area contributed by atoms with E-state index in [1.807, 2.05) is 42.5 Å². The molecule has 0 aliphatic heterocycles. The summed E-state index contributed by atoms with van der Waals surface area (Å²) in [6.07, 6.45) is 3.45. The van der Waals surface area contributed by atoms with Crippen LogP contribution in [0.3, 0.4) is 0 Å². The van der Waals surface area contributed by atoms with E-state index >= 15 is 0 Å². The van der Waals surface area contributed by atoms with Gasteiger partial charge in [0.25, 0.3) is 0 Å². The summed E-state index contributed by atoms with van der Waals surface area (Å²) in [5.74, 6) is 0.939. The summed E-state index contributed by atoms with van der Waals surface area (Å²) in [7, 11) is 0. The predicted octanol–water partition coefficient (Wildman–Crippen LogP) is 5.83. The maximum atomic E-state index is 11.0. The zero-order valence-corrected chi connectivity index (χ0v) is 16.9. The van der Waals surface area contributed by atoms with E-state index < -0.39 is 0 Å². The SMILES string of the molecule is CC(C)(C)c1ccc([C@H](Nc2ccccn2)c2ccc3cccnc3c2O)cc1. The van der Waals surface area contributed by atoms with Crippen molar-refractivity contribution in [2.75, 3.05) is 5.32 Å². The van der Waals surface area contributed by atoms with Gasteiger partial charge >= 0.3 is 0 Å². The Morgan fingerprint density at radius 1 is 0.828 bits per heavy atom. The molecular weight excluding hydrogens is 358 g/mol. The highest BCUT2D eigenvalue weighted by atomic mass is 16.3. The van der Waals surface area contributed by atoms with Gasteiger partial charge in [-0.2, -0.15) is 0 Å². The van der Waals surface area contributed by atoms with Gasteiger partial charge in [0.15, 0.2) is 0 Å². The molecule has 4 rings (SSSR count). The molecule has 0 saturated heterocycles. The largest absolute Gasteiger partial charge is 0.505 e. The van der Waals surface area contributed by atoms with E-state index in [0.29, 0.717) is 5.52 Å². The van der Waals surface area contributed by atoms with E-state index in [-0.39, 0.29) is 17.2 Å². The molecule has 2 N–H and O–H groups in total. The third-order valence-corrected chi connectivity index (χ3v) is 5.16. The van der Waals surface area contributed by atoms with Gasteiger partial charge in [-0.1, -0.05) is 69.3 Å². The molecular formula is C25H25N3O. The number of pyridine rings is 2. The molecule has 0 radical (unpaired) electrons. The number of hydrogen-bond acceptors (Lipinski definition) is 4. The lowest BCUT2D eigenvalue weighted by molar-refractivity contribution is 0.471. The van der Waals surface area contributed by atoms with Crippen LogP contribution in [-0.4, -0.2) is 15.1 Å². The lowest BCUT2D eigenvalue weighted by atomic mass is 9.85. The molecule has 0 aliphatic carbocycles. The standard InChI is InChI=1S/C25H25N3O/c1-25(2,3)19-12-9-18(10-13-19)22(28-21-8-4-5-15-26-21)20-14-11-17-7-6-16-27-23(17)24(20)29/h4-16,22,29H,1-3H3,(H,26,28)/t22-/m0/s1. The number of aromatic nitrogens is 2. The normalized spacial score (nSPS) is 12.7. The maximum absolute atomic E-state index is 11.0. The van der Waals surface area contributed by atoms with Gasteiger partial charge in [-0.3, -0.25) is 4.98 Å². The third kappa shape index (κ3) is 3.92. The number of benzene rings is 2. The van der Waals surface area contributed by atoms with Crippen molar-refractivity contribution in [3.8, 4) is 5.75 Å². The molecule has 4 heteroatoms. The summed E-state index contributed by atoms with van der Waals surface area (Å²) >= 11 is 0. The first-order valence-electron chi connectivity index (χ1n) is 9.78. The van der Waals surface area contributed by atoms with Gasteiger partial charge in [0.1, 0.15) is 17.1 Å². The predicted molar refractivity (Wildman–Crippen MR) is 118 cm³/mol. The van der Waals surface area contributed by atoms with Gasteiger partial charge < -0.3 is 10.4 Å². The summed E-state index contributed by atoms with van der Waals surface area (Å²) in [6.45, 7) is 6.60. The third-order valence-electron chi connectivity index (χ3n) is 5.16. The number of phenolic OH excluding ortho intramolecular Hbond substituents is 1. The van der Waals surface area contributed by atoms with Crippen molar-refractivity contribution in [2.24, 2.45) is 0 Å². The second kappa shape index (κ2) is 7.55. The van der Waals surface area contributed by atoms with Crippen LogP contribution in [0.15, 0.2) is 79.1 Å². The number of hydrogen-bond donors (Lipinski definition) is 2. The van der Waals surface area contributed by atoms with Crippen molar-refractivity contribution >= 4 is 16.7 Å². The van der Waals surface area contributed by atoms with Crippen LogP contribution in [0, 0.1) is 0 Å². The van der Waals surface area contributed by atoms with Gasteiger partial charge in [0.2, 0.25) is 0 Å². The van der Waals surface area contributed by atoms with Crippen LogP contribution in [0.1, 0.15) is 43.5 Å². The number of nitrogens with one attached hydrogen (secondary N) is 1. The molecule has 4 aromatic rings. The second-order valence-corrected chi connectivity index (χ2v) is 8.24. The minimum atomic E-state index is -0.259. The Morgan fingerprint density at radius 3 is 2.28 bits per heavy atom. The van der Waals surface area contributed by atoms with E-state index in [0.717, 1.165) is 22.3 Å². The topological polar surface area (TPSA) is 58.0 Å². The first-order chi connectivity index (χ1) is 13.9. The van der Waals surface area contributed by atoms with Crippen LogP contribution >= 0.6 is 0 Å². The van der Waals surface area contributed by atoms with E-state index in [1.54, 1.807) is 12.4 Å². The molecule has 2 aromatic heterocycles. The molecule has 29 heavy (non-hydrogen) atoms. The van der Waals surface area contributed by atoms with Crippen LogP contribution in [0.5, 0.6) is 5.75 Å². The maximum Gasteiger partial charge on any atom is 0.147 e. The Hall–Kier alpha value is -3.40. The van der Waals surface area contributed by atoms with Gasteiger partial charge in [-0.25, -0.2) is 4.98 Å². The highest BCUT2D eigenvalue weighted by molar-refractivity contribution is 5.86. The smallest absolute Gasteiger partial charge is 0.147 e. The molecule has 0 spiro atoms. The summed E-state index contributed by atoms with van der Waals surface area (Å²) in [5, 5.41) is 15.4.